The summed E-state index contributed by atoms with van der Waals surface area (Å²) in [4.78, 5) is 12.2. The topological polar surface area (TPSA) is 78.8 Å². The van der Waals surface area contributed by atoms with E-state index in [2.05, 4.69) is 5.32 Å². The van der Waals surface area contributed by atoms with E-state index < -0.39 is 6.10 Å². The van der Waals surface area contributed by atoms with Crippen LogP contribution in [0.4, 0.5) is 0 Å². The lowest BCUT2D eigenvalue weighted by Crippen LogP contribution is -2.42. The van der Waals surface area contributed by atoms with Crippen LogP contribution in [-0.4, -0.2) is 28.3 Å². The molecule has 0 spiro atoms. The molecule has 0 aliphatic heterocycles. The maximum atomic E-state index is 12.2. The number of hydrogen-bond acceptors (Lipinski definition) is 4. The largest absolute Gasteiger partial charge is 0.504 e. The molecule has 2 aromatic carbocycles. The van der Waals surface area contributed by atoms with Gasteiger partial charge in [0.2, 0.25) is 0 Å². The molecule has 0 aliphatic rings. The van der Waals surface area contributed by atoms with Crippen LogP contribution in [0.5, 0.6) is 17.2 Å². The fraction of sp³-hybridized carbons (Fsp3) is 0.278. The molecule has 1 amide bonds. The Balaban J connectivity index is 1.89. The molecule has 0 aromatic heterocycles. The Kier molecular flexibility index (Phi) is 5.93. The highest BCUT2D eigenvalue weighted by Crippen LogP contribution is 2.25. The first-order chi connectivity index (χ1) is 11.3. The molecular formula is C18H20ClNO4. The van der Waals surface area contributed by atoms with Gasteiger partial charge < -0.3 is 20.3 Å². The number of amides is 1. The van der Waals surface area contributed by atoms with Crippen molar-refractivity contribution in [3.05, 3.63) is 53.1 Å². The molecule has 24 heavy (non-hydrogen) atoms. The number of halogens is 1. The Morgan fingerprint density at radius 2 is 1.92 bits per heavy atom. The molecule has 0 bridgehead atoms. The van der Waals surface area contributed by atoms with Gasteiger partial charge in [0.05, 0.1) is 0 Å². The summed E-state index contributed by atoms with van der Waals surface area (Å²) in [5.41, 5.74) is 0.807. The van der Waals surface area contributed by atoms with Gasteiger partial charge in [-0.05, 0) is 56.2 Å². The number of ether oxygens (including phenoxy) is 1. The maximum Gasteiger partial charge on any atom is 0.260 e. The fourth-order valence-electron chi connectivity index (χ4n) is 2.26. The van der Waals surface area contributed by atoms with Crippen LogP contribution in [0, 0.1) is 0 Å². The number of benzene rings is 2. The van der Waals surface area contributed by atoms with Gasteiger partial charge in [0.15, 0.2) is 17.6 Å². The smallest absolute Gasteiger partial charge is 0.260 e. The Morgan fingerprint density at radius 1 is 1.17 bits per heavy atom. The first-order valence-corrected chi connectivity index (χ1v) is 7.96. The molecule has 2 atom stereocenters. The third-order valence-corrected chi connectivity index (χ3v) is 3.68. The third-order valence-electron chi connectivity index (χ3n) is 3.45. The van der Waals surface area contributed by atoms with Crippen LogP contribution in [0.25, 0.3) is 0 Å². The summed E-state index contributed by atoms with van der Waals surface area (Å²) in [6.45, 7) is 3.52. The number of rotatable bonds is 6. The van der Waals surface area contributed by atoms with E-state index in [1.807, 2.05) is 6.92 Å². The van der Waals surface area contributed by atoms with Gasteiger partial charge in [0.1, 0.15) is 5.75 Å². The van der Waals surface area contributed by atoms with Crippen molar-refractivity contribution in [3.63, 3.8) is 0 Å². The molecule has 0 aliphatic carbocycles. The summed E-state index contributed by atoms with van der Waals surface area (Å²) in [6.07, 6.45) is -0.150. The summed E-state index contributed by atoms with van der Waals surface area (Å²) in [7, 11) is 0. The molecular weight excluding hydrogens is 330 g/mol. The summed E-state index contributed by atoms with van der Waals surface area (Å²) < 4.78 is 5.57. The summed E-state index contributed by atoms with van der Waals surface area (Å²) in [5.74, 6) is -0.0607. The summed E-state index contributed by atoms with van der Waals surface area (Å²) in [5, 5.41) is 22.2. The standard InChI is InChI=1S/C18H20ClNO4/c1-11(8-13-6-7-16(21)17(22)9-13)20-18(23)12(2)24-15-5-3-4-14(19)10-15/h3-7,9-12,21-22H,8H2,1-2H3,(H,20,23)/t11-,12-/m1/s1. The molecule has 3 N–H and O–H groups in total. The van der Waals surface area contributed by atoms with Crippen molar-refractivity contribution in [2.24, 2.45) is 0 Å². The van der Waals surface area contributed by atoms with Crippen LogP contribution in [0.2, 0.25) is 5.02 Å². The second-order valence-corrected chi connectivity index (χ2v) is 6.09. The van der Waals surface area contributed by atoms with Crippen molar-refractivity contribution in [2.75, 3.05) is 0 Å². The van der Waals surface area contributed by atoms with Crippen LogP contribution in [0.3, 0.4) is 0 Å². The van der Waals surface area contributed by atoms with Crippen molar-refractivity contribution in [3.8, 4) is 17.2 Å². The number of aromatic hydroxyl groups is 2. The van der Waals surface area contributed by atoms with Gasteiger partial charge in [-0.25, -0.2) is 0 Å². The van der Waals surface area contributed by atoms with E-state index in [-0.39, 0.29) is 23.4 Å². The number of phenols is 2. The second kappa shape index (κ2) is 7.93. The minimum Gasteiger partial charge on any atom is -0.504 e. The lowest BCUT2D eigenvalue weighted by atomic mass is 10.1. The minimum atomic E-state index is -0.667. The zero-order chi connectivity index (χ0) is 17.7. The number of phenolic OH excluding ortho intramolecular Hbond substituents is 2. The maximum absolute atomic E-state index is 12.2. The van der Waals surface area contributed by atoms with E-state index >= 15 is 0 Å². The minimum absolute atomic E-state index is 0.160. The molecule has 2 aromatic rings. The van der Waals surface area contributed by atoms with Gasteiger partial charge in [0.25, 0.3) is 5.91 Å². The second-order valence-electron chi connectivity index (χ2n) is 5.65. The van der Waals surface area contributed by atoms with Crippen molar-refractivity contribution < 1.29 is 19.7 Å². The van der Waals surface area contributed by atoms with E-state index in [0.29, 0.717) is 17.2 Å². The van der Waals surface area contributed by atoms with E-state index in [1.165, 1.54) is 12.1 Å². The molecule has 128 valence electrons. The Bertz CT molecular complexity index is 720. The highest BCUT2D eigenvalue weighted by Gasteiger charge is 2.17. The lowest BCUT2D eigenvalue weighted by molar-refractivity contribution is -0.127. The quantitative estimate of drug-likeness (QED) is 0.699. The zero-order valence-corrected chi connectivity index (χ0v) is 14.2. The molecule has 6 heteroatoms. The predicted octanol–water partition coefficient (Wildman–Crippen LogP) is 3.27. The molecule has 0 radical (unpaired) electrons. The van der Waals surface area contributed by atoms with Crippen LogP contribution in [-0.2, 0) is 11.2 Å². The predicted molar refractivity (Wildman–Crippen MR) is 92.6 cm³/mol. The van der Waals surface area contributed by atoms with Crippen molar-refractivity contribution in [2.45, 2.75) is 32.4 Å². The molecule has 0 heterocycles. The van der Waals surface area contributed by atoms with Crippen LogP contribution >= 0.6 is 11.6 Å². The number of nitrogens with one attached hydrogen (secondary N) is 1. The molecule has 0 unspecified atom stereocenters. The number of hydrogen-bond donors (Lipinski definition) is 3. The monoisotopic (exact) mass is 349 g/mol. The van der Waals surface area contributed by atoms with Crippen LogP contribution in [0.15, 0.2) is 42.5 Å². The molecule has 0 fully saturated rings. The van der Waals surface area contributed by atoms with Crippen molar-refractivity contribution >= 4 is 17.5 Å². The molecule has 5 nitrogen and oxygen atoms in total. The lowest BCUT2D eigenvalue weighted by Gasteiger charge is -2.19. The zero-order valence-electron chi connectivity index (χ0n) is 13.5. The van der Waals surface area contributed by atoms with Gasteiger partial charge >= 0.3 is 0 Å². The van der Waals surface area contributed by atoms with Crippen molar-refractivity contribution in [1.82, 2.24) is 5.32 Å². The molecule has 0 saturated heterocycles. The highest BCUT2D eigenvalue weighted by atomic mass is 35.5. The third kappa shape index (κ3) is 5.06. The van der Waals surface area contributed by atoms with E-state index in [9.17, 15) is 15.0 Å². The van der Waals surface area contributed by atoms with Crippen molar-refractivity contribution in [1.29, 1.82) is 0 Å². The van der Waals surface area contributed by atoms with E-state index in [0.717, 1.165) is 5.56 Å². The van der Waals surface area contributed by atoms with Gasteiger partial charge in [0, 0.05) is 11.1 Å². The van der Waals surface area contributed by atoms with Gasteiger partial charge in [-0.15, -0.1) is 0 Å². The fourth-order valence-corrected chi connectivity index (χ4v) is 2.44. The Labute approximate surface area is 145 Å². The Morgan fingerprint density at radius 3 is 2.58 bits per heavy atom. The molecule has 2 rings (SSSR count). The number of carbonyl (C=O) groups is 1. The normalized spacial score (nSPS) is 13.1. The molecule has 0 saturated carbocycles. The van der Waals surface area contributed by atoms with Gasteiger partial charge in [-0.3, -0.25) is 4.79 Å². The number of carbonyl (C=O) groups excluding carboxylic acids is 1. The van der Waals surface area contributed by atoms with E-state index in [4.69, 9.17) is 16.3 Å². The van der Waals surface area contributed by atoms with E-state index in [1.54, 1.807) is 37.3 Å². The van der Waals surface area contributed by atoms with Crippen LogP contribution in [0.1, 0.15) is 19.4 Å². The first-order valence-electron chi connectivity index (χ1n) is 7.58. The summed E-state index contributed by atoms with van der Waals surface area (Å²) >= 11 is 5.89. The summed E-state index contributed by atoms with van der Waals surface area (Å²) in [6, 6.07) is 11.3. The van der Waals surface area contributed by atoms with Gasteiger partial charge in [-0.1, -0.05) is 23.7 Å². The van der Waals surface area contributed by atoms with Gasteiger partial charge in [-0.2, -0.15) is 0 Å². The Hall–Kier alpha value is -2.40. The van der Waals surface area contributed by atoms with Crippen LogP contribution < -0.4 is 10.1 Å². The first kappa shape index (κ1) is 17.9. The SMILES string of the molecule is C[C@H](Cc1ccc(O)c(O)c1)NC(=O)[C@@H](C)Oc1cccc(Cl)c1. The average Bonchev–Trinajstić information content (AvgIpc) is 2.50. The average molecular weight is 350 g/mol. The highest BCUT2D eigenvalue weighted by molar-refractivity contribution is 6.30.